The SMILES string of the molecule is Cc1ccc(CNC(=O)c2cccc(-c3cnc(Oc4ccccc4)nc3)c2)o1. The van der Waals surface area contributed by atoms with Crippen molar-refractivity contribution >= 4 is 5.91 Å². The number of aromatic nitrogens is 2. The Morgan fingerprint density at radius 1 is 0.966 bits per heavy atom. The Kier molecular flexibility index (Phi) is 5.33. The molecule has 144 valence electrons. The molecule has 6 heteroatoms. The number of amides is 1. The molecule has 0 aliphatic carbocycles. The Morgan fingerprint density at radius 3 is 2.48 bits per heavy atom. The van der Waals surface area contributed by atoms with E-state index in [1.165, 1.54) is 0 Å². The lowest BCUT2D eigenvalue weighted by Crippen LogP contribution is -2.22. The first-order valence-corrected chi connectivity index (χ1v) is 9.16. The van der Waals surface area contributed by atoms with Gasteiger partial charge in [-0.25, -0.2) is 9.97 Å². The number of hydrogen-bond donors (Lipinski definition) is 1. The summed E-state index contributed by atoms with van der Waals surface area (Å²) in [5, 5.41) is 2.86. The monoisotopic (exact) mass is 385 g/mol. The molecule has 0 bridgehead atoms. The molecule has 29 heavy (non-hydrogen) atoms. The highest BCUT2D eigenvalue weighted by Gasteiger charge is 2.09. The number of aryl methyl sites for hydroxylation is 1. The summed E-state index contributed by atoms with van der Waals surface area (Å²) in [6.45, 7) is 2.21. The van der Waals surface area contributed by atoms with Gasteiger partial charge >= 0.3 is 6.01 Å². The summed E-state index contributed by atoms with van der Waals surface area (Å²) in [6, 6.07) is 20.6. The van der Waals surface area contributed by atoms with Gasteiger partial charge in [0.2, 0.25) is 0 Å². The highest BCUT2D eigenvalue weighted by atomic mass is 16.5. The second kappa shape index (κ2) is 8.39. The lowest BCUT2D eigenvalue weighted by molar-refractivity contribution is 0.0948. The Hall–Kier alpha value is -3.93. The largest absolute Gasteiger partial charge is 0.465 e. The van der Waals surface area contributed by atoms with Gasteiger partial charge in [-0.2, -0.15) is 0 Å². The van der Waals surface area contributed by atoms with Crippen molar-refractivity contribution in [3.63, 3.8) is 0 Å². The maximum Gasteiger partial charge on any atom is 0.321 e. The van der Waals surface area contributed by atoms with E-state index in [-0.39, 0.29) is 11.9 Å². The van der Waals surface area contributed by atoms with Gasteiger partial charge in [0, 0.05) is 23.5 Å². The van der Waals surface area contributed by atoms with Gasteiger partial charge < -0.3 is 14.5 Å². The van der Waals surface area contributed by atoms with Gasteiger partial charge in [-0.1, -0.05) is 30.3 Å². The zero-order valence-electron chi connectivity index (χ0n) is 15.8. The third-order valence-corrected chi connectivity index (χ3v) is 4.26. The molecule has 6 nitrogen and oxygen atoms in total. The number of carbonyl (C=O) groups excluding carboxylic acids is 1. The van der Waals surface area contributed by atoms with Crippen LogP contribution in [0.1, 0.15) is 21.9 Å². The average Bonchev–Trinajstić information content (AvgIpc) is 3.18. The lowest BCUT2D eigenvalue weighted by atomic mass is 10.1. The third kappa shape index (κ3) is 4.68. The van der Waals surface area contributed by atoms with Crippen molar-refractivity contribution < 1.29 is 13.9 Å². The highest BCUT2D eigenvalue weighted by molar-refractivity contribution is 5.95. The fourth-order valence-electron chi connectivity index (χ4n) is 2.80. The Balaban J connectivity index is 1.44. The summed E-state index contributed by atoms with van der Waals surface area (Å²) in [5.74, 6) is 2.03. The van der Waals surface area contributed by atoms with E-state index in [2.05, 4.69) is 15.3 Å². The van der Waals surface area contributed by atoms with E-state index in [0.29, 0.717) is 17.9 Å². The van der Waals surface area contributed by atoms with Gasteiger partial charge in [0.15, 0.2) is 0 Å². The first kappa shape index (κ1) is 18.4. The van der Waals surface area contributed by atoms with Crippen molar-refractivity contribution in [1.82, 2.24) is 15.3 Å². The third-order valence-electron chi connectivity index (χ3n) is 4.26. The molecule has 4 rings (SSSR count). The minimum absolute atomic E-state index is 0.175. The van der Waals surface area contributed by atoms with Crippen molar-refractivity contribution in [2.24, 2.45) is 0 Å². The molecule has 1 N–H and O–H groups in total. The summed E-state index contributed by atoms with van der Waals surface area (Å²) in [5.41, 5.74) is 2.19. The zero-order chi connectivity index (χ0) is 20.1. The summed E-state index contributed by atoms with van der Waals surface area (Å²) < 4.78 is 11.1. The predicted octanol–water partition coefficient (Wildman–Crippen LogP) is 4.77. The molecule has 0 fully saturated rings. The number of ether oxygens (including phenoxy) is 1. The van der Waals surface area contributed by atoms with E-state index in [4.69, 9.17) is 9.15 Å². The van der Waals surface area contributed by atoms with Gasteiger partial charge in [-0.05, 0) is 48.9 Å². The molecule has 0 saturated heterocycles. The van der Waals surface area contributed by atoms with Crippen LogP contribution in [0.5, 0.6) is 11.8 Å². The van der Waals surface area contributed by atoms with Crippen LogP contribution >= 0.6 is 0 Å². The smallest absolute Gasteiger partial charge is 0.321 e. The van der Waals surface area contributed by atoms with E-state index in [0.717, 1.165) is 22.6 Å². The second-order valence-corrected chi connectivity index (χ2v) is 6.45. The van der Waals surface area contributed by atoms with Gasteiger partial charge in [0.25, 0.3) is 5.91 Å². The zero-order valence-corrected chi connectivity index (χ0v) is 15.8. The lowest BCUT2D eigenvalue weighted by Gasteiger charge is -2.07. The molecular formula is C23H19N3O3. The van der Waals surface area contributed by atoms with E-state index in [1.54, 1.807) is 24.5 Å². The Morgan fingerprint density at radius 2 is 1.76 bits per heavy atom. The first-order valence-electron chi connectivity index (χ1n) is 9.16. The van der Waals surface area contributed by atoms with Crippen molar-refractivity contribution in [2.45, 2.75) is 13.5 Å². The van der Waals surface area contributed by atoms with E-state index >= 15 is 0 Å². The number of nitrogens with one attached hydrogen (secondary N) is 1. The number of carbonyl (C=O) groups is 1. The average molecular weight is 385 g/mol. The molecule has 0 spiro atoms. The molecule has 2 heterocycles. The number of nitrogens with zero attached hydrogens (tertiary/aromatic N) is 2. The Labute approximate surface area is 168 Å². The number of para-hydroxylation sites is 1. The molecule has 1 amide bonds. The summed E-state index contributed by atoms with van der Waals surface area (Å²) in [6.07, 6.45) is 3.35. The van der Waals surface area contributed by atoms with Crippen molar-refractivity contribution in [3.8, 4) is 22.9 Å². The number of benzene rings is 2. The fourth-order valence-corrected chi connectivity index (χ4v) is 2.80. The summed E-state index contributed by atoms with van der Waals surface area (Å²) >= 11 is 0. The minimum atomic E-state index is -0.175. The van der Waals surface area contributed by atoms with Crippen molar-refractivity contribution in [3.05, 3.63) is 96.2 Å². The minimum Gasteiger partial charge on any atom is -0.465 e. The normalized spacial score (nSPS) is 10.5. The maximum atomic E-state index is 12.5. The number of hydrogen-bond acceptors (Lipinski definition) is 5. The van der Waals surface area contributed by atoms with Gasteiger partial charge in [0.1, 0.15) is 17.3 Å². The summed E-state index contributed by atoms with van der Waals surface area (Å²) in [7, 11) is 0. The van der Waals surface area contributed by atoms with Crippen LogP contribution in [0.3, 0.4) is 0 Å². The van der Waals surface area contributed by atoms with Crippen molar-refractivity contribution in [2.75, 3.05) is 0 Å². The quantitative estimate of drug-likeness (QED) is 0.517. The van der Waals surface area contributed by atoms with Crippen molar-refractivity contribution in [1.29, 1.82) is 0 Å². The Bertz CT molecular complexity index is 1110. The number of rotatable bonds is 6. The van der Waals surface area contributed by atoms with Crippen LogP contribution in [0.25, 0.3) is 11.1 Å². The molecular weight excluding hydrogens is 366 g/mol. The van der Waals surface area contributed by atoms with Gasteiger partial charge in [-0.3, -0.25) is 4.79 Å². The van der Waals surface area contributed by atoms with Crippen LogP contribution in [0.2, 0.25) is 0 Å². The van der Waals surface area contributed by atoms with Crippen LogP contribution in [-0.2, 0) is 6.54 Å². The molecule has 0 radical (unpaired) electrons. The predicted molar refractivity (Wildman–Crippen MR) is 109 cm³/mol. The standard InChI is InChI=1S/C23H19N3O3/c1-16-10-11-21(28-16)15-24-22(27)18-7-5-6-17(12-18)19-13-25-23(26-14-19)29-20-8-3-2-4-9-20/h2-14H,15H2,1H3,(H,24,27). The van der Waals surface area contributed by atoms with Crippen LogP contribution in [-0.4, -0.2) is 15.9 Å². The molecule has 0 aliphatic heterocycles. The molecule has 0 saturated carbocycles. The molecule has 2 aromatic carbocycles. The molecule has 0 unspecified atom stereocenters. The van der Waals surface area contributed by atoms with Crippen LogP contribution < -0.4 is 10.1 Å². The van der Waals surface area contributed by atoms with E-state index in [1.807, 2.05) is 61.5 Å². The fraction of sp³-hybridized carbons (Fsp3) is 0.0870. The topological polar surface area (TPSA) is 77.2 Å². The van der Waals surface area contributed by atoms with Gasteiger partial charge in [0.05, 0.1) is 6.54 Å². The van der Waals surface area contributed by atoms with Crippen LogP contribution in [0.4, 0.5) is 0 Å². The molecule has 2 aromatic heterocycles. The van der Waals surface area contributed by atoms with Crippen LogP contribution in [0, 0.1) is 6.92 Å². The molecule has 4 aromatic rings. The molecule has 0 aliphatic rings. The first-order chi connectivity index (χ1) is 14.2. The van der Waals surface area contributed by atoms with E-state index in [9.17, 15) is 4.79 Å². The van der Waals surface area contributed by atoms with E-state index < -0.39 is 0 Å². The molecule has 0 atom stereocenters. The highest BCUT2D eigenvalue weighted by Crippen LogP contribution is 2.22. The maximum absolute atomic E-state index is 12.5. The number of furan rings is 1. The second-order valence-electron chi connectivity index (χ2n) is 6.45. The van der Waals surface area contributed by atoms with Crippen LogP contribution in [0.15, 0.2) is 83.5 Å². The van der Waals surface area contributed by atoms with Gasteiger partial charge in [-0.15, -0.1) is 0 Å². The summed E-state index contributed by atoms with van der Waals surface area (Å²) in [4.78, 5) is 21.0.